The van der Waals surface area contributed by atoms with Gasteiger partial charge in [0.1, 0.15) is 29.6 Å². The number of carbonyl (C=O) groups is 4. The molecule has 8 aromatic carbocycles. The Labute approximate surface area is 768 Å². The fraction of sp³-hybridized carbons (Fsp3) is 0.388. The van der Waals surface area contributed by atoms with Crippen LogP contribution in [0.15, 0.2) is 174 Å². The molecule has 4 aliphatic heterocycles. The highest BCUT2D eigenvalue weighted by molar-refractivity contribution is 9.10. The van der Waals surface area contributed by atoms with E-state index in [2.05, 4.69) is 79.6 Å². The molecule has 0 saturated carbocycles. The van der Waals surface area contributed by atoms with E-state index in [4.69, 9.17) is 48.6 Å². The Balaban J connectivity index is 0.000000122. The van der Waals surface area contributed by atoms with Crippen LogP contribution in [-0.2, 0) is 44.9 Å². The molecule has 29 nitrogen and oxygen atoms in total. The number of carbonyl (C=O) groups excluding carboxylic acids is 4. The summed E-state index contributed by atoms with van der Waals surface area (Å²) in [5.41, 5.74) is 15.0. The highest BCUT2D eigenvalue weighted by Gasteiger charge is 2.51. The van der Waals surface area contributed by atoms with Crippen molar-refractivity contribution in [2.75, 3.05) is 79.9 Å². The Hall–Kier alpha value is -12.2. The molecule has 0 radical (unpaired) electrons. The second-order valence-electron chi connectivity index (χ2n) is 34.9. The van der Waals surface area contributed by atoms with Crippen LogP contribution in [0.25, 0.3) is 91.4 Å². The minimum atomic E-state index is -2.71. The lowest BCUT2D eigenvalue weighted by Crippen LogP contribution is -2.30. The molecule has 8 aliphatic rings. The lowest BCUT2D eigenvalue weighted by molar-refractivity contribution is -0.130. The van der Waals surface area contributed by atoms with Crippen molar-refractivity contribution in [3.63, 3.8) is 0 Å². The van der Waals surface area contributed by atoms with Crippen molar-refractivity contribution in [2.24, 2.45) is 23.7 Å². The van der Waals surface area contributed by atoms with Gasteiger partial charge in [0.2, 0.25) is 46.9 Å². The Kier molecular flexibility index (Phi) is 27.1. The third-order valence-corrected chi connectivity index (χ3v) is 25.9. The first-order valence-corrected chi connectivity index (χ1v) is 45.4. The number of hydrogen-bond acceptors (Lipinski definition) is 25. The number of aliphatic hydroxyl groups excluding tert-OH is 4. The number of aliphatic hydroxyl groups is 4. The summed E-state index contributed by atoms with van der Waals surface area (Å²) in [5, 5.41) is 54.9. The van der Waals surface area contributed by atoms with Crippen molar-refractivity contribution in [3.8, 4) is 114 Å². The van der Waals surface area contributed by atoms with Gasteiger partial charge in [-0.25, -0.2) is 8.78 Å². The molecule has 33 heteroatoms. The van der Waals surface area contributed by atoms with E-state index in [1.165, 1.54) is 17.7 Å². The summed E-state index contributed by atoms with van der Waals surface area (Å²) >= 11 is 9.92. The zero-order chi connectivity index (χ0) is 91.7. The van der Waals surface area contributed by atoms with Crippen LogP contribution >= 0.6 is 27.5 Å². The van der Waals surface area contributed by atoms with Crippen LogP contribution < -0.4 is 18.9 Å². The Morgan fingerprint density at radius 2 is 0.733 bits per heavy atom. The summed E-state index contributed by atoms with van der Waals surface area (Å²) in [5.74, 6) is 6.88. The fourth-order valence-corrected chi connectivity index (χ4v) is 20.4. The second kappa shape index (κ2) is 39.1. The molecular weight excluding hydrogens is 1770 g/mol. The second-order valence-corrected chi connectivity index (χ2v) is 36.2. The summed E-state index contributed by atoms with van der Waals surface area (Å²) in [6, 6.07) is 47.0. The van der Waals surface area contributed by atoms with E-state index in [1.807, 2.05) is 150 Å². The highest BCUT2D eigenvalue weighted by Crippen LogP contribution is 2.54. The zero-order valence-corrected chi connectivity index (χ0v) is 75.9. The summed E-state index contributed by atoms with van der Waals surface area (Å²) in [7, 11) is 4.03. The van der Waals surface area contributed by atoms with Gasteiger partial charge in [0, 0.05) is 103 Å². The van der Waals surface area contributed by atoms with E-state index < -0.39 is 6.43 Å². The van der Waals surface area contributed by atoms with Crippen LogP contribution in [0.2, 0.25) is 5.02 Å². The van der Waals surface area contributed by atoms with Crippen LogP contribution in [0.5, 0.6) is 23.0 Å². The normalized spacial score (nSPS) is 19.4. The molecule has 4 aliphatic carbocycles. The fourth-order valence-electron chi connectivity index (χ4n) is 19.7. The SMILES string of the molecule is CC(C)Oc1ccc(-c2nc(-c3cccc4c3CC3CC(=O)N(CCO)C43)no2)cc1Br.CC(C)Oc1ccc(-c2nc(-c3cccc4c3CC3CC(=O)N(CCO)C43)no2)cc1C(F)F.CC(C)Oc1ccc(-c2nc(-c3cccc4c3CC3CC(=O)N(CCO)C43)no2)cc1Cl.CN(C)CCOc1ccc(-c2nc(-c3cccc4c3CC3CC(=O)N(CCO)C43)no2)cc1. The van der Waals surface area contributed by atoms with Gasteiger partial charge in [0.15, 0.2) is 0 Å². The number of nitrogens with zero attached hydrogens (tertiary/aromatic N) is 13. The molecule has 4 fully saturated rings. The minimum absolute atomic E-state index is 0.00304. The van der Waals surface area contributed by atoms with E-state index in [9.17, 15) is 48.4 Å². The average molecular weight is 1870 g/mol. The molecule has 20 rings (SSSR count). The van der Waals surface area contributed by atoms with E-state index in [0.29, 0.717) is 128 Å². The van der Waals surface area contributed by atoms with Gasteiger partial charge in [0.25, 0.3) is 30.0 Å². The predicted octanol–water partition coefficient (Wildman–Crippen LogP) is 16.0. The summed E-state index contributed by atoms with van der Waals surface area (Å²) in [6.07, 6.45) is 2.19. The van der Waals surface area contributed by atoms with E-state index >= 15 is 0 Å². The zero-order valence-electron chi connectivity index (χ0n) is 73.6. The molecule has 4 aromatic heterocycles. The maximum absolute atomic E-state index is 13.6. The van der Waals surface area contributed by atoms with Crippen LogP contribution in [0.3, 0.4) is 0 Å². The van der Waals surface area contributed by atoms with Crippen molar-refractivity contribution >= 4 is 51.2 Å². The number of rotatable bonds is 27. The van der Waals surface area contributed by atoms with Gasteiger partial charge in [-0.1, -0.05) is 105 Å². The number of ether oxygens (including phenoxy) is 4. The lowest BCUT2D eigenvalue weighted by Gasteiger charge is -2.24. The number of amides is 4. The Morgan fingerprint density at radius 3 is 1.06 bits per heavy atom. The van der Waals surface area contributed by atoms with Crippen molar-refractivity contribution in [3.05, 3.63) is 211 Å². The standard InChI is InChI=1S/C25H25F2N3O4.C25H28N4O4.C24H24BrN3O4.C24H24ClN3O4/c1-13(2)33-20-7-6-14(10-19(20)23(26)27)25-28-24(29-34-25)17-5-3-4-16-18(17)11-15-12-21(32)30(8-9-31)22(15)16;1-28(2)11-13-32-18-8-6-16(7-9-18)25-26-24(27-33-25)20-5-3-4-19-21(20)14-17-15-22(31)29(10-12-30)23(17)19;2*1-13(2)31-20-7-6-14(11-19(20)25)24-26-23(27-32-24)17-5-3-4-16-18(17)10-15-12-21(30)28(8-9-29)22(15)16/h3-7,10,13,15,22-23,31H,8-9,11-12H2,1-2H3;3-9,17,23,30H,10-15H2,1-2H3;2*3-7,11,13,15,22,29H,8-10,12H2,1-2H3. The van der Waals surface area contributed by atoms with Gasteiger partial charge < -0.3 is 82.0 Å². The summed E-state index contributed by atoms with van der Waals surface area (Å²) in [6.45, 7) is 14.1. The predicted molar refractivity (Wildman–Crippen MR) is 483 cm³/mol. The van der Waals surface area contributed by atoms with Gasteiger partial charge in [-0.2, -0.15) is 19.9 Å². The molecule has 8 unspecified atom stereocenters. The van der Waals surface area contributed by atoms with Crippen molar-refractivity contribution in [1.29, 1.82) is 0 Å². The smallest absolute Gasteiger partial charge is 0.267 e. The third-order valence-electron chi connectivity index (χ3n) is 25.0. The van der Waals surface area contributed by atoms with E-state index in [1.54, 1.807) is 46.7 Å². The quantitative estimate of drug-likeness (QED) is 0.0371. The van der Waals surface area contributed by atoms with Crippen LogP contribution in [0, 0.1) is 23.7 Å². The summed E-state index contributed by atoms with van der Waals surface area (Å²) < 4.78 is 73.0. The van der Waals surface area contributed by atoms with Crippen LogP contribution in [-0.4, -0.2) is 207 Å². The number of halogens is 4. The minimum Gasteiger partial charge on any atom is -0.492 e. The van der Waals surface area contributed by atoms with Gasteiger partial charge in [-0.05, 0) is 244 Å². The van der Waals surface area contributed by atoms with E-state index in [-0.39, 0.29) is 133 Å². The van der Waals surface area contributed by atoms with Crippen LogP contribution in [0.4, 0.5) is 8.78 Å². The van der Waals surface area contributed by atoms with Gasteiger partial charge >= 0.3 is 0 Å². The molecule has 8 heterocycles. The third kappa shape index (κ3) is 18.7. The highest BCUT2D eigenvalue weighted by atomic mass is 79.9. The molecule has 8 atom stereocenters. The van der Waals surface area contributed by atoms with Gasteiger partial charge in [-0.3, -0.25) is 19.2 Å². The van der Waals surface area contributed by atoms with Crippen molar-refractivity contribution in [2.45, 2.75) is 142 Å². The maximum Gasteiger partial charge on any atom is 0.267 e. The molecule has 4 saturated heterocycles. The topological polar surface area (TPSA) is 358 Å². The number of likely N-dealkylation sites (tertiary alicyclic amines) is 4. The van der Waals surface area contributed by atoms with Crippen molar-refractivity contribution in [1.82, 2.24) is 65.1 Å². The molecule has 0 bridgehead atoms. The Morgan fingerprint density at radius 1 is 0.420 bits per heavy atom. The number of alkyl halides is 2. The molecule has 12 aromatic rings. The number of likely N-dealkylation sites (N-methyl/N-ethyl adjacent to an activating group) is 1. The Bertz CT molecular complexity index is 6020. The molecule has 0 spiro atoms. The van der Waals surface area contributed by atoms with Gasteiger partial charge in [0.05, 0.1) is 84.0 Å². The van der Waals surface area contributed by atoms with Gasteiger partial charge in [-0.15, -0.1) is 0 Å². The number of hydrogen-bond donors (Lipinski definition) is 4. The first kappa shape index (κ1) is 90.8. The maximum atomic E-state index is 13.6. The first-order valence-electron chi connectivity index (χ1n) is 44.2. The molecular formula is C98H101BrClF2N13O16. The average Bonchev–Trinajstić information content (AvgIpc) is 1.60. The first-order chi connectivity index (χ1) is 63.3. The van der Waals surface area contributed by atoms with E-state index in [0.717, 1.165) is 114 Å². The number of β-amino-alcohol motifs (C(OH)–C–C–N with tert-alkyl or cyclic N) is 4. The number of fused-ring (bicyclic) bond motifs is 12. The summed E-state index contributed by atoms with van der Waals surface area (Å²) in [4.78, 5) is 77.2. The van der Waals surface area contributed by atoms with Crippen LogP contribution in [0.1, 0.15) is 148 Å². The molecule has 131 heavy (non-hydrogen) atoms. The monoisotopic (exact) mass is 1870 g/mol. The largest absolute Gasteiger partial charge is 0.492 e. The molecule has 4 amide bonds. The van der Waals surface area contributed by atoms with Crippen molar-refractivity contribution < 1.29 is 85.4 Å². The molecule has 682 valence electrons. The lowest BCUT2D eigenvalue weighted by atomic mass is 10.0. The number of benzene rings is 8. The number of aromatic nitrogens is 8. The molecule has 4 N–H and O–H groups in total.